The maximum atomic E-state index is 13.4. The Morgan fingerprint density at radius 1 is 1.12 bits per heavy atom. The molecule has 2 bridgehead atoms. The maximum Gasteiger partial charge on any atom is 0.433 e. The number of hydrogen-bond acceptors (Lipinski definition) is 4. The van der Waals surface area contributed by atoms with E-state index in [2.05, 4.69) is 15.2 Å². The van der Waals surface area contributed by atoms with Crippen molar-refractivity contribution in [1.29, 1.82) is 0 Å². The molecule has 1 aromatic carbocycles. The Morgan fingerprint density at radius 3 is 2.42 bits per heavy atom. The first-order chi connectivity index (χ1) is 15.2. The number of benzene rings is 1. The van der Waals surface area contributed by atoms with Crippen LogP contribution < -0.4 is 5.32 Å². The van der Waals surface area contributed by atoms with Crippen LogP contribution in [0.3, 0.4) is 0 Å². The van der Waals surface area contributed by atoms with Crippen molar-refractivity contribution in [2.75, 3.05) is 19.6 Å². The fraction of sp³-hybridized carbons (Fsp3) is 0.609. The summed E-state index contributed by atoms with van der Waals surface area (Å²) in [6.45, 7) is 5.51. The van der Waals surface area contributed by atoms with Gasteiger partial charge in [-0.3, -0.25) is 4.90 Å². The molecule has 0 amide bonds. The molecule has 1 aromatic heterocycles. The number of piperidine rings is 1. The number of rotatable bonds is 6. The van der Waals surface area contributed by atoms with Gasteiger partial charge in [-0.1, -0.05) is 12.1 Å². The van der Waals surface area contributed by atoms with Crippen LogP contribution in [-0.2, 0) is 12.4 Å². The first-order valence-corrected chi connectivity index (χ1v) is 11.0. The Morgan fingerprint density at radius 2 is 1.85 bits per heavy atom. The molecule has 1 saturated carbocycles. The quantitative estimate of drug-likeness (QED) is 0.567. The van der Waals surface area contributed by atoms with Crippen LogP contribution in [-0.4, -0.2) is 46.2 Å². The smallest absolute Gasteiger partial charge is 0.387 e. The summed E-state index contributed by atoms with van der Waals surface area (Å²) < 4.78 is 80.6. The van der Waals surface area contributed by atoms with Gasteiger partial charge in [0.15, 0.2) is 0 Å². The SMILES string of the molecule is CC(C)(CN1CC2CCC1C2)NCC(O)c1cc(C(F)(F)F)nc2c(C(F)(F)F)cccc12. The van der Waals surface area contributed by atoms with Crippen molar-refractivity contribution in [3.63, 3.8) is 0 Å². The molecule has 2 N–H and O–H groups in total. The van der Waals surface area contributed by atoms with Gasteiger partial charge in [-0.25, -0.2) is 4.98 Å². The van der Waals surface area contributed by atoms with E-state index in [-0.39, 0.29) is 17.5 Å². The van der Waals surface area contributed by atoms with Crippen LogP contribution in [0.25, 0.3) is 10.9 Å². The fourth-order valence-corrected chi connectivity index (χ4v) is 5.19. The summed E-state index contributed by atoms with van der Waals surface area (Å²) in [4.78, 5) is 5.67. The summed E-state index contributed by atoms with van der Waals surface area (Å²) in [6, 6.07) is 4.23. The van der Waals surface area contributed by atoms with E-state index in [1.54, 1.807) is 0 Å². The highest BCUT2D eigenvalue weighted by Gasteiger charge is 2.40. The second-order valence-corrected chi connectivity index (χ2v) is 9.84. The zero-order chi connectivity index (χ0) is 24.2. The molecule has 0 radical (unpaired) electrons. The molecule has 3 atom stereocenters. The summed E-state index contributed by atoms with van der Waals surface area (Å²) in [5.41, 5.74) is -4.23. The van der Waals surface area contributed by atoms with Crippen LogP contribution in [0, 0.1) is 5.92 Å². The van der Waals surface area contributed by atoms with E-state index in [9.17, 15) is 31.4 Å². The number of para-hydroxylation sites is 1. The maximum absolute atomic E-state index is 13.4. The number of aliphatic hydroxyl groups is 1. The van der Waals surface area contributed by atoms with Crippen LogP contribution >= 0.6 is 0 Å². The third-order valence-electron chi connectivity index (χ3n) is 6.72. The van der Waals surface area contributed by atoms with Gasteiger partial charge in [-0.05, 0) is 56.7 Å². The van der Waals surface area contributed by atoms with Crippen molar-refractivity contribution < 1.29 is 31.4 Å². The van der Waals surface area contributed by atoms with Crippen molar-refractivity contribution >= 4 is 10.9 Å². The highest BCUT2D eigenvalue weighted by atomic mass is 19.4. The van der Waals surface area contributed by atoms with Gasteiger partial charge in [0.1, 0.15) is 5.69 Å². The topological polar surface area (TPSA) is 48.4 Å². The van der Waals surface area contributed by atoms with Crippen molar-refractivity contribution in [3.05, 3.63) is 41.1 Å². The summed E-state index contributed by atoms with van der Waals surface area (Å²) in [7, 11) is 0. The van der Waals surface area contributed by atoms with Gasteiger partial charge in [-0.2, -0.15) is 26.3 Å². The predicted octanol–water partition coefficient (Wildman–Crippen LogP) is 5.16. The monoisotopic (exact) mass is 475 g/mol. The Kier molecular flexibility index (Phi) is 6.16. The number of fused-ring (bicyclic) bond motifs is 3. The molecule has 33 heavy (non-hydrogen) atoms. The van der Waals surface area contributed by atoms with Gasteiger partial charge < -0.3 is 10.4 Å². The Labute approximate surface area is 188 Å². The second-order valence-electron chi connectivity index (χ2n) is 9.84. The number of hydrogen-bond donors (Lipinski definition) is 2. The van der Waals surface area contributed by atoms with Crippen molar-refractivity contribution in [2.45, 2.75) is 63.1 Å². The van der Waals surface area contributed by atoms with E-state index >= 15 is 0 Å². The summed E-state index contributed by atoms with van der Waals surface area (Å²) >= 11 is 0. The molecule has 1 aliphatic carbocycles. The highest BCUT2D eigenvalue weighted by Crippen LogP contribution is 2.40. The van der Waals surface area contributed by atoms with Crippen LogP contribution in [0.5, 0.6) is 0 Å². The normalized spacial score (nSPS) is 22.9. The number of aliphatic hydroxyl groups excluding tert-OH is 1. The largest absolute Gasteiger partial charge is 0.433 e. The summed E-state index contributed by atoms with van der Waals surface area (Å²) in [5, 5.41) is 13.8. The molecule has 1 aliphatic heterocycles. The summed E-state index contributed by atoms with van der Waals surface area (Å²) in [6.07, 6.45) is -7.70. The molecule has 2 aromatic rings. The molecule has 4 nitrogen and oxygen atoms in total. The first-order valence-electron chi connectivity index (χ1n) is 11.0. The number of nitrogens with zero attached hydrogens (tertiary/aromatic N) is 2. The third kappa shape index (κ3) is 5.12. The Bertz CT molecular complexity index is 1020. The lowest BCUT2D eigenvalue weighted by atomic mass is 9.98. The van der Waals surface area contributed by atoms with Crippen molar-refractivity contribution in [1.82, 2.24) is 15.2 Å². The van der Waals surface area contributed by atoms with E-state index in [0.717, 1.165) is 19.0 Å². The Hall–Kier alpha value is -1.91. The third-order valence-corrected chi connectivity index (χ3v) is 6.72. The standard InChI is InChI=1S/C23H27F6N3O/c1-21(2,12-32-11-13-6-7-14(32)8-13)30-10-18(33)16-9-19(23(27,28)29)31-20-15(16)4-3-5-17(20)22(24,25)26/h3-5,9,13-14,18,30,33H,6-8,10-12H2,1-2H3. The number of halogens is 6. The molecule has 0 spiro atoms. The number of aromatic nitrogens is 1. The van der Waals surface area contributed by atoms with E-state index in [1.807, 2.05) is 13.8 Å². The lowest BCUT2D eigenvalue weighted by Crippen LogP contribution is -2.52. The zero-order valence-electron chi connectivity index (χ0n) is 18.4. The molecule has 2 aliphatic rings. The van der Waals surface area contributed by atoms with Crippen LogP contribution in [0.1, 0.15) is 56.0 Å². The average molecular weight is 475 g/mol. The molecule has 3 unspecified atom stereocenters. The minimum Gasteiger partial charge on any atom is -0.387 e. The second kappa shape index (κ2) is 8.39. The van der Waals surface area contributed by atoms with Gasteiger partial charge >= 0.3 is 12.4 Å². The van der Waals surface area contributed by atoms with Gasteiger partial charge in [0.25, 0.3) is 0 Å². The van der Waals surface area contributed by atoms with E-state index in [4.69, 9.17) is 0 Å². The molecule has 182 valence electrons. The number of pyridine rings is 1. The lowest BCUT2D eigenvalue weighted by Gasteiger charge is -2.36. The van der Waals surface area contributed by atoms with E-state index in [0.29, 0.717) is 30.6 Å². The van der Waals surface area contributed by atoms with Gasteiger partial charge in [-0.15, -0.1) is 0 Å². The molecule has 1 saturated heterocycles. The molecular weight excluding hydrogens is 448 g/mol. The number of β-amino-alcohol motifs (C(OH)–C–C–N with tert-alkyl or cyclic N) is 1. The molecule has 4 rings (SSSR count). The first kappa shape index (κ1) is 24.2. The number of likely N-dealkylation sites (tertiary alicyclic amines) is 1. The van der Waals surface area contributed by atoms with Crippen molar-refractivity contribution in [2.24, 2.45) is 5.92 Å². The fourth-order valence-electron chi connectivity index (χ4n) is 5.19. The molecule has 2 fully saturated rings. The van der Waals surface area contributed by atoms with Crippen LogP contribution in [0.2, 0.25) is 0 Å². The Balaban J connectivity index is 1.59. The molecule has 2 heterocycles. The van der Waals surface area contributed by atoms with Crippen molar-refractivity contribution in [3.8, 4) is 0 Å². The van der Waals surface area contributed by atoms with E-state index < -0.39 is 40.8 Å². The van der Waals surface area contributed by atoms with E-state index in [1.165, 1.54) is 18.9 Å². The van der Waals surface area contributed by atoms with Gasteiger partial charge in [0, 0.05) is 36.6 Å². The summed E-state index contributed by atoms with van der Waals surface area (Å²) in [5.74, 6) is 0.711. The zero-order valence-corrected chi connectivity index (χ0v) is 18.4. The minimum absolute atomic E-state index is 0.110. The van der Waals surface area contributed by atoms with Crippen LogP contribution in [0.4, 0.5) is 26.3 Å². The molecular formula is C23H27F6N3O. The highest BCUT2D eigenvalue weighted by molar-refractivity contribution is 5.86. The molecule has 10 heteroatoms. The lowest BCUT2D eigenvalue weighted by molar-refractivity contribution is -0.142. The van der Waals surface area contributed by atoms with Gasteiger partial charge in [0.05, 0.1) is 17.2 Å². The minimum atomic E-state index is -4.96. The predicted molar refractivity (Wildman–Crippen MR) is 111 cm³/mol. The van der Waals surface area contributed by atoms with Gasteiger partial charge in [0.2, 0.25) is 0 Å². The average Bonchev–Trinajstić information content (AvgIpc) is 3.32. The van der Waals surface area contributed by atoms with Crippen LogP contribution in [0.15, 0.2) is 24.3 Å². The number of alkyl halides is 6. The number of nitrogens with one attached hydrogen (secondary N) is 1.